The Balaban J connectivity index is 0.000000737. The molecule has 1 aliphatic heterocycles. The highest BCUT2D eigenvalue weighted by Crippen LogP contribution is 2.40. The van der Waals surface area contributed by atoms with Crippen LogP contribution in [0.3, 0.4) is 0 Å². The molecule has 2 aliphatic carbocycles. The Morgan fingerprint density at radius 2 is 1.67 bits per heavy atom. The van der Waals surface area contributed by atoms with Gasteiger partial charge in [0.05, 0.1) is 27.3 Å². The summed E-state index contributed by atoms with van der Waals surface area (Å²) in [7, 11) is 8.44. The van der Waals surface area contributed by atoms with Gasteiger partial charge < -0.3 is 20.1 Å². The molecule has 0 spiro atoms. The van der Waals surface area contributed by atoms with Crippen molar-refractivity contribution in [2.45, 2.75) is 76.4 Å². The van der Waals surface area contributed by atoms with Crippen molar-refractivity contribution in [2.75, 3.05) is 42.1 Å². The lowest BCUT2D eigenvalue weighted by molar-refractivity contribution is -0.117. The zero-order valence-corrected chi connectivity index (χ0v) is 27.5. The van der Waals surface area contributed by atoms with Crippen LogP contribution in [0.2, 0.25) is 0 Å². The summed E-state index contributed by atoms with van der Waals surface area (Å²) in [6, 6.07) is -0.640. The number of hydrogen-bond donors (Lipinski definition) is 2. The van der Waals surface area contributed by atoms with Gasteiger partial charge in [0.2, 0.25) is 11.9 Å². The van der Waals surface area contributed by atoms with E-state index in [-0.39, 0.29) is 35.3 Å². The van der Waals surface area contributed by atoms with Crippen LogP contribution in [0.1, 0.15) is 56.9 Å². The zero-order valence-electron chi connectivity index (χ0n) is 26.0. The lowest BCUT2D eigenvalue weighted by Gasteiger charge is -2.37. The molecule has 0 radical (unpaired) electrons. The minimum absolute atomic E-state index is 0.0550. The summed E-state index contributed by atoms with van der Waals surface area (Å²) in [5.41, 5.74) is -0.632. The lowest BCUT2D eigenvalue weighted by atomic mass is 9.90. The third-order valence-electron chi connectivity index (χ3n) is 7.62. The van der Waals surface area contributed by atoms with E-state index in [2.05, 4.69) is 27.2 Å². The van der Waals surface area contributed by atoms with E-state index in [9.17, 15) is 18.4 Å². The summed E-state index contributed by atoms with van der Waals surface area (Å²) in [5.74, 6) is -3.59. The van der Waals surface area contributed by atoms with Gasteiger partial charge in [-0.05, 0) is 35.9 Å². The third-order valence-corrected chi connectivity index (χ3v) is 7.62. The molecule has 16 heteroatoms. The van der Waals surface area contributed by atoms with Gasteiger partial charge in [0.15, 0.2) is 23.1 Å². The number of benzene rings is 1. The van der Waals surface area contributed by atoms with E-state index in [4.69, 9.17) is 20.2 Å². The molecule has 2 heterocycles. The number of carbonyl (C=O) groups excluding carboxylic acids is 2. The topological polar surface area (TPSA) is 109 Å². The number of anilines is 3. The molecule has 1 aromatic heterocycles. The molecule has 2 atom stereocenters. The second-order valence-corrected chi connectivity index (χ2v) is 11.8. The van der Waals surface area contributed by atoms with Gasteiger partial charge in [0, 0.05) is 29.9 Å². The van der Waals surface area contributed by atoms with Crippen LogP contribution >= 0.6 is 21.7 Å². The number of rotatable bonds is 9. The highest BCUT2D eigenvalue weighted by molar-refractivity contribution is 8.20. The van der Waals surface area contributed by atoms with Gasteiger partial charge in [-0.15, -0.1) is 0 Å². The molecule has 0 saturated heterocycles. The van der Waals surface area contributed by atoms with Crippen molar-refractivity contribution >= 4 is 51.0 Å². The predicted molar refractivity (Wildman–Crippen MR) is 172 cm³/mol. The van der Waals surface area contributed by atoms with E-state index in [1.807, 2.05) is 6.26 Å². The number of alkyl halides is 2. The molecule has 254 valence electrons. The molecule has 2 N–H and O–H groups in total. The Kier molecular flexibility index (Phi) is 14.5. The van der Waals surface area contributed by atoms with Gasteiger partial charge in [-0.2, -0.15) is 4.98 Å². The first kappa shape index (κ1) is 37.0. The van der Waals surface area contributed by atoms with Crippen molar-refractivity contribution in [1.29, 1.82) is 0 Å². The highest BCUT2D eigenvalue weighted by Gasteiger charge is 2.39. The molecule has 3 aliphatic rings. The monoisotopic (exact) mass is 690 g/mol. The molecule has 3 amide bonds. The van der Waals surface area contributed by atoms with Crippen LogP contribution in [-0.4, -0.2) is 67.4 Å². The first-order valence-electron chi connectivity index (χ1n) is 14.8. The van der Waals surface area contributed by atoms with E-state index < -0.39 is 54.4 Å². The second kappa shape index (κ2) is 18.0. The number of methoxy groups -OCH3 is 2. The first-order chi connectivity index (χ1) is 22.1. The highest BCUT2D eigenvalue weighted by atomic mass is 35.7. The molecule has 10 nitrogen and oxygen atoms in total. The van der Waals surface area contributed by atoms with Crippen molar-refractivity contribution in [2.24, 2.45) is 0 Å². The lowest BCUT2D eigenvalue weighted by Crippen LogP contribution is -2.50. The minimum atomic E-state index is -2.97. The maximum absolute atomic E-state index is 15.2. The van der Waals surface area contributed by atoms with Gasteiger partial charge in [-0.1, -0.05) is 56.1 Å². The average molecular weight is 691 g/mol. The maximum Gasteiger partial charge on any atom is 0.330 e. The zero-order chi connectivity index (χ0) is 33.8. The summed E-state index contributed by atoms with van der Waals surface area (Å²) >= 11 is 0. The fourth-order valence-electron chi connectivity index (χ4n) is 5.01. The quantitative estimate of drug-likeness (QED) is 0.213. The van der Waals surface area contributed by atoms with Crippen molar-refractivity contribution in [3.63, 3.8) is 0 Å². The van der Waals surface area contributed by atoms with E-state index in [0.717, 1.165) is 33.1 Å². The average Bonchev–Trinajstić information content (AvgIpc) is 2.99. The summed E-state index contributed by atoms with van der Waals surface area (Å²) in [6.45, 7) is 1.98. The summed E-state index contributed by atoms with van der Waals surface area (Å²) in [6.07, 6.45) is 10.5. The number of ether oxygens (including phenoxy) is 2. The standard InChI is InChI=1S/C25H28F4N6O4.C4H8.CH3ClS/c1-4-19(36)31-14-7-5-6-8-15(14)32-24-30-10-13-11-34(25(37)35(12-18(26)27)23(13)33-24)22-20(28)16(38-2)9-17(39-3)21(22)29;1-2-4-3-1;1-3-2/h4,9-10,14-15,18H,1,5-8,11-12H2,2-3H3,(H,31,36)(H,30,32,33);1-4H2;1H3. The number of halogens is 5. The Bertz CT molecular complexity index is 1320. The summed E-state index contributed by atoms with van der Waals surface area (Å²) in [5, 5.41) is 5.99. The number of nitrogens with one attached hydrogen (secondary N) is 2. The van der Waals surface area contributed by atoms with Crippen molar-refractivity contribution in [1.82, 2.24) is 15.3 Å². The molecular weight excluding hydrogens is 652 g/mol. The van der Waals surface area contributed by atoms with E-state index >= 15 is 8.78 Å². The summed E-state index contributed by atoms with van der Waals surface area (Å²) < 4.78 is 67.4. The molecule has 5 rings (SSSR count). The van der Waals surface area contributed by atoms with Gasteiger partial charge in [0.1, 0.15) is 11.5 Å². The van der Waals surface area contributed by atoms with Crippen molar-refractivity contribution < 1.29 is 36.6 Å². The molecule has 2 aromatic rings. The SMILES string of the molecule is C1CCC1.C=CC(=O)NC1CCCCC1Nc1ncc2c(n1)N(CC(F)F)C(=O)N(c1c(F)c(OC)cc(OC)c1F)C2.CSCl. The van der Waals surface area contributed by atoms with Crippen LogP contribution in [0.5, 0.6) is 11.5 Å². The number of carbonyl (C=O) groups is 2. The molecule has 2 unspecified atom stereocenters. The molecule has 1 aromatic carbocycles. The number of hydrogen-bond acceptors (Lipinski definition) is 8. The molecule has 2 fully saturated rings. The Morgan fingerprint density at radius 3 is 2.17 bits per heavy atom. The first-order valence-corrected chi connectivity index (χ1v) is 16.8. The summed E-state index contributed by atoms with van der Waals surface area (Å²) in [4.78, 5) is 35.2. The third kappa shape index (κ3) is 9.30. The van der Waals surface area contributed by atoms with Crippen molar-refractivity contribution in [3.8, 4) is 11.5 Å². The Hall–Kier alpha value is -3.46. The fourth-order valence-corrected chi connectivity index (χ4v) is 5.01. The maximum atomic E-state index is 15.2. The van der Waals surface area contributed by atoms with Crippen LogP contribution in [0, 0.1) is 11.6 Å². The Labute approximate surface area is 274 Å². The smallest absolute Gasteiger partial charge is 0.330 e. The van der Waals surface area contributed by atoms with Gasteiger partial charge >= 0.3 is 6.03 Å². The van der Waals surface area contributed by atoms with Gasteiger partial charge in [-0.25, -0.2) is 27.3 Å². The van der Waals surface area contributed by atoms with Crippen LogP contribution in [0.25, 0.3) is 0 Å². The normalized spacial score (nSPS) is 18.6. The van der Waals surface area contributed by atoms with Gasteiger partial charge in [-0.3, -0.25) is 14.6 Å². The largest absolute Gasteiger partial charge is 0.493 e. The molecule has 46 heavy (non-hydrogen) atoms. The number of fused-ring (bicyclic) bond motifs is 1. The van der Waals surface area contributed by atoms with Crippen LogP contribution < -0.4 is 29.9 Å². The second-order valence-electron chi connectivity index (χ2n) is 10.6. The van der Waals surface area contributed by atoms with Crippen LogP contribution in [0.15, 0.2) is 24.9 Å². The number of amides is 3. The predicted octanol–water partition coefficient (Wildman–Crippen LogP) is 7.07. The number of aromatic nitrogens is 2. The van der Waals surface area contributed by atoms with Crippen LogP contribution in [0.4, 0.5) is 39.8 Å². The molecule has 0 bridgehead atoms. The Morgan fingerprint density at radius 1 is 1.11 bits per heavy atom. The fraction of sp³-hybridized carbons (Fsp3) is 0.533. The number of nitrogens with zero attached hydrogens (tertiary/aromatic N) is 4. The number of urea groups is 1. The van der Waals surface area contributed by atoms with E-state index in [1.165, 1.54) is 48.9 Å². The molecule has 2 saturated carbocycles. The van der Waals surface area contributed by atoms with E-state index in [1.54, 1.807) is 0 Å². The van der Waals surface area contributed by atoms with Crippen LogP contribution in [-0.2, 0) is 11.3 Å². The minimum Gasteiger partial charge on any atom is -0.493 e. The van der Waals surface area contributed by atoms with E-state index in [0.29, 0.717) is 22.6 Å². The molecular formula is C30H39ClF4N6O4S. The van der Waals surface area contributed by atoms with Crippen molar-refractivity contribution in [3.05, 3.63) is 42.1 Å². The van der Waals surface area contributed by atoms with Gasteiger partial charge in [0.25, 0.3) is 6.43 Å².